The SMILES string of the molecule is O=NCc1ccc(NC(=O)c2cccc(S(=O)(=O)N3CCOCC3)c2)c(C(=O)O)c1. The normalized spacial score (nSPS) is 14.8. The van der Waals surface area contributed by atoms with E-state index < -0.39 is 21.9 Å². The summed E-state index contributed by atoms with van der Waals surface area (Å²) < 4.78 is 32.0. The molecule has 0 aliphatic carbocycles. The molecular formula is C19H19N3O7S. The number of carbonyl (C=O) groups excluding carboxylic acids is 1. The molecule has 2 N–H and O–H groups in total. The molecule has 0 aromatic heterocycles. The second kappa shape index (κ2) is 9.11. The van der Waals surface area contributed by atoms with E-state index in [1.807, 2.05) is 0 Å². The zero-order valence-electron chi connectivity index (χ0n) is 15.8. The van der Waals surface area contributed by atoms with Crippen LogP contribution in [0.4, 0.5) is 5.69 Å². The predicted molar refractivity (Wildman–Crippen MR) is 107 cm³/mol. The summed E-state index contributed by atoms with van der Waals surface area (Å²) >= 11 is 0. The van der Waals surface area contributed by atoms with Gasteiger partial charge in [-0.3, -0.25) is 4.79 Å². The summed E-state index contributed by atoms with van der Waals surface area (Å²) in [6.07, 6.45) is 0. The highest BCUT2D eigenvalue weighted by Crippen LogP contribution is 2.22. The van der Waals surface area contributed by atoms with Gasteiger partial charge in [0.2, 0.25) is 10.0 Å². The number of rotatable bonds is 7. The third-order valence-corrected chi connectivity index (χ3v) is 6.41. The number of sulfonamides is 1. The molecule has 1 aliphatic heterocycles. The van der Waals surface area contributed by atoms with Crippen LogP contribution in [0.3, 0.4) is 0 Å². The Hall–Kier alpha value is -3.15. The van der Waals surface area contributed by atoms with Crippen molar-refractivity contribution in [3.63, 3.8) is 0 Å². The first kappa shape index (κ1) is 21.6. The maximum Gasteiger partial charge on any atom is 0.337 e. The molecule has 1 heterocycles. The largest absolute Gasteiger partial charge is 0.478 e. The Labute approximate surface area is 172 Å². The van der Waals surface area contributed by atoms with Crippen LogP contribution >= 0.6 is 0 Å². The van der Waals surface area contributed by atoms with Crippen LogP contribution in [0, 0.1) is 4.91 Å². The number of nitrogens with one attached hydrogen (secondary N) is 1. The number of aromatic carboxylic acids is 1. The number of amides is 1. The highest BCUT2D eigenvalue weighted by molar-refractivity contribution is 7.89. The van der Waals surface area contributed by atoms with Gasteiger partial charge in [0, 0.05) is 18.7 Å². The molecule has 2 aromatic rings. The predicted octanol–water partition coefficient (Wildman–Crippen LogP) is 1.92. The van der Waals surface area contributed by atoms with Gasteiger partial charge in [0.1, 0.15) is 6.54 Å². The van der Waals surface area contributed by atoms with E-state index in [0.29, 0.717) is 18.8 Å². The van der Waals surface area contributed by atoms with Gasteiger partial charge in [0.25, 0.3) is 5.91 Å². The molecule has 2 aromatic carbocycles. The molecule has 0 spiro atoms. The second-order valence-electron chi connectivity index (χ2n) is 6.47. The lowest BCUT2D eigenvalue weighted by atomic mass is 10.1. The van der Waals surface area contributed by atoms with Crippen LogP contribution in [-0.2, 0) is 21.3 Å². The minimum absolute atomic E-state index is 0.0172. The van der Waals surface area contributed by atoms with Crippen molar-refractivity contribution in [2.45, 2.75) is 11.4 Å². The molecule has 0 radical (unpaired) electrons. The molecule has 0 atom stereocenters. The Balaban J connectivity index is 1.85. The molecule has 3 rings (SSSR count). The average molecular weight is 433 g/mol. The summed E-state index contributed by atoms with van der Waals surface area (Å²) in [6.45, 7) is 0.849. The minimum Gasteiger partial charge on any atom is -0.478 e. The molecule has 1 fully saturated rings. The lowest BCUT2D eigenvalue weighted by Gasteiger charge is -2.26. The quantitative estimate of drug-likeness (QED) is 0.635. The molecule has 0 bridgehead atoms. The van der Waals surface area contributed by atoms with E-state index in [9.17, 15) is 28.0 Å². The zero-order chi connectivity index (χ0) is 21.7. The number of nitrogens with zero attached hydrogens (tertiary/aromatic N) is 2. The van der Waals surface area contributed by atoms with E-state index >= 15 is 0 Å². The Morgan fingerprint density at radius 3 is 2.53 bits per heavy atom. The lowest BCUT2D eigenvalue weighted by Crippen LogP contribution is -2.40. The van der Waals surface area contributed by atoms with Crippen molar-refractivity contribution in [2.75, 3.05) is 31.6 Å². The van der Waals surface area contributed by atoms with E-state index in [1.54, 1.807) is 0 Å². The van der Waals surface area contributed by atoms with Crippen LogP contribution in [0.5, 0.6) is 0 Å². The summed E-state index contributed by atoms with van der Waals surface area (Å²) in [5.74, 6) is -1.96. The Morgan fingerprint density at radius 1 is 1.13 bits per heavy atom. The van der Waals surface area contributed by atoms with Crippen molar-refractivity contribution in [1.29, 1.82) is 0 Å². The number of carboxylic acid groups (broad SMARTS) is 1. The van der Waals surface area contributed by atoms with E-state index in [-0.39, 0.29) is 41.3 Å². The van der Waals surface area contributed by atoms with Crippen LogP contribution in [0.25, 0.3) is 0 Å². The monoisotopic (exact) mass is 433 g/mol. The van der Waals surface area contributed by atoms with Crippen LogP contribution in [0.15, 0.2) is 52.5 Å². The van der Waals surface area contributed by atoms with Crippen molar-refractivity contribution in [3.8, 4) is 0 Å². The fourth-order valence-corrected chi connectivity index (χ4v) is 4.43. The van der Waals surface area contributed by atoms with Crippen LogP contribution in [-0.4, -0.2) is 56.0 Å². The molecule has 30 heavy (non-hydrogen) atoms. The third kappa shape index (κ3) is 4.70. The Bertz CT molecular complexity index is 1080. The van der Waals surface area contributed by atoms with Crippen LogP contribution in [0.2, 0.25) is 0 Å². The number of hydrogen-bond acceptors (Lipinski definition) is 7. The van der Waals surface area contributed by atoms with Gasteiger partial charge < -0.3 is 15.2 Å². The molecule has 1 amide bonds. The van der Waals surface area contributed by atoms with Crippen molar-refractivity contribution in [3.05, 3.63) is 64.1 Å². The first-order chi connectivity index (χ1) is 14.3. The minimum atomic E-state index is -3.79. The lowest BCUT2D eigenvalue weighted by molar-refractivity contribution is 0.0698. The molecule has 1 aliphatic rings. The van der Waals surface area contributed by atoms with Crippen molar-refractivity contribution in [1.82, 2.24) is 4.31 Å². The number of anilines is 1. The Morgan fingerprint density at radius 2 is 1.87 bits per heavy atom. The summed E-state index contributed by atoms with van der Waals surface area (Å²) in [6, 6.07) is 9.59. The number of morpholine rings is 1. The number of ether oxygens (including phenoxy) is 1. The van der Waals surface area contributed by atoms with Crippen LogP contribution < -0.4 is 5.32 Å². The maximum absolute atomic E-state index is 12.8. The van der Waals surface area contributed by atoms with E-state index in [2.05, 4.69) is 10.5 Å². The Kier molecular flexibility index (Phi) is 6.55. The van der Waals surface area contributed by atoms with Crippen molar-refractivity contribution < 1.29 is 27.9 Å². The average Bonchev–Trinajstić information content (AvgIpc) is 2.75. The second-order valence-corrected chi connectivity index (χ2v) is 8.41. The van der Waals surface area contributed by atoms with E-state index in [1.165, 1.54) is 46.8 Å². The summed E-state index contributed by atoms with van der Waals surface area (Å²) in [4.78, 5) is 34.5. The van der Waals surface area contributed by atoms with E-state index in [4.69, 9.17) is 4.74 Å². The molecule has 10 nitrogen and oxygen atoms in total. The summed E-state index contributed by atoms with van der Waals surface area (Å²) in [7, 11) is -3.79. The number of benzene rings is 2. The summed E-state index contributed by atoms with van der Waals surface area (Å²) in [5, 5.41) is 14.6. The first-order valence-electron chi connectivity index (χ1n) is 8.97. The van der Waals surface area contributed by atoms with Gasteiger partial charge in [-0.25, -0.2) is 13.2 Å². The maximum atomic E-state index is 12.8. The third-order valence-electron chi connectivity index (χ3n) is 4.51. The van der Waals surface area contributed by atoms with Gasteiger partial charge in [0.15, 0.2) is 0 Å². The number of carboxylic acids is 1. The highest BCUT2D eigenvalue weighted by Gasteiger charge is 2.27. The molecule has 0 saturated carbocycles. The van der Waals surface area contributed by atoms with E-state index in [0.717, 1.165) is 0 Å². The van der Waals surface area contributed by atoms with Gasteiger partial charge in [-0.05, 0) is 35.9 Å². The van der Waals surface area contributed by atoms with Gasteiger partial charge in [-0.15, -0.1) is 0 Å². The van der Waals surface area contributed by atoms with Gasteiger partial charge in [-0.2, -0.15) is 9.21 Å². The molecule has 0 unspecified atom stereocenters. The summed E-state index contributed by atoms with van der Waals surface area (Å²) in [5.41, 5.74) is 0.253. The number of hydrogen-bond donors (Lipinski definition) is 2. The number of nitroso groups, excluding NO2 is 1. The smallest absolute Gasteiger partial charge is 0.337 e. The highest BCUT2D eigenvalue weighted by atomic mass is 32.2. The zero-order valence-corrected chi connectivity index (χ0v) is 16.6. The van der Waals surface area contributed by atoms with Gasteiger partial charge in [-0.1, -0.05) is 17.3 Å². The van der Waals surface area contributed by atoms with Crippen molar-refractivity contribution >= 4 is 27.6 Å². The fraction of sp³-hybridized carbons (Fsp3) is 0.263. The molecule has 1 saturated heterocycles. The number of carbonyl (C=O) groups is 2. The molecular weight excluding hydrogens is 414 g/mol. The van der Waals surface area contributed by atoms with Crippen molar-refractivity contribution in [2.24, 2.45) is 5.18 Å². The molecule has 11 heteroatoms. The molecule has 158 valence electrons. The first-order valence-corrected chi connectivity index (χ1v) is 10.4. The van der Waals surface area contributed by atoms with Gasteiger partial charge >= 0.3 is 5.97 Å². The van der Waals surface area contributed by atoms with Gasteiger partial charge in [0.05, 0.1) is 29.4 Å². The topological polar surface area (TPSA) is 142 Å². The van der Waals surface area contributed by atoms with Crippen LogP contribution in [0.1, 0.15) is 26.3 Å². The standard InChI is InChI=1S/C19H19N3O7S/c23-18(21-17-5-4-13(12-20-26)10-16(17)19(24)25)14-2-1-3-15(11-14)30(27,28)22-6-8-29-9-7-22/h1-5,10-11H,6-9,12H2,(H,21,23)(H,24,25). The fourth-order valence-electron chi connectivity index (χ4n) is 2.98.